The van der Waals surface area contributed by atoms with Gasteiger partial charge < -0.3 is 10.2 Å². The summed E-state index contributed by atoms with van der Waals surface area (Å²) in [5.74, 6) is -0.399. The second kappa shape index (κ2) is 9.07. The van der Waals surface area contributed by atoms with Crippen molar-refractivity contribution in [1.29, 1.82) is 0 Å². The maximum absolute atomic E-state index is 13.2. The zero-order valence-electron chi connectivity index (χ0n) is 17.5. The number of hydrogen-bond donors (Lipinski definition) is 1. The molecule has 0 fully saturated rings. The Morgan fingerprint density at radius 1 is 1.20 bits per heavy atom. The Bertz CT molecular complexity index is 942. The van der Waals surface area contributed by atoms with Crippen molar-refractivity contribution in [2.24, 2.45) is 0 Å². The Morgan fingerprint density at radius 2 is 1.87 bits per heavy atom. The van der Waals surface area contributed by atoms with Gasteiger partial charge in [0, 0.05) is 29.9 Å². The van der Waals surface area contributed by atoms with E-state index in [1.165, 1.54) is 12.1 Å². The summed E-state index contributed by atoms with van der Waals surface area (Å²) in [4.78, 5) is 38.1. The number of rotatable bonds is 6. The third-order valence-electron chi connectivity index (χ3n) is 5.68. The molecule has 0 bridgehead atoms. The monoisotopic (exact) mass is 409 g/mol. The van der Waals surface area contributed by atoms with Crippen LogP contribution in [0.1, 0.15) is 50.7 Å². The molecule has 0 saturated carbocycles. The summed E-state index contributed by atoms with van der Waals surface area (Å²) in [5, 5.41) is 13.9. The van der Waals surface area contributed by atoms with Crippen molar-refractivity contribution in [1.82, 2.24) is 5.32 Å². The average Bonchev–Trinajstić information content (AvgIpc) is 2.73. The SMILES string of the molecule is CC[C@H](C)NC(=O)[C@H]1C[C@H](C)N(C(=O)Cc2ccc([N+](=O)[O-])cc2)c2ccccc21. The van der Waals surface area contributed by atoms with E-state index in [2.05, 4.69) is 5.32 Å². The van der Waals surface area contributed by atoms with E-state index in [1.807, 2.05) is 45.0 Å². The Morgan fingerprint density at radius 3 is 2.50 bits per heavy atom. The molecule has 2 amide bonds. The fourth-order valence-corrected chi connectivity index (χ4v) is 3.88. The number of anilines is 1. The molecule has 0 unspecified atom stereocenters. The van der Waals surface area contributed by atoms with Gasteiger partial charge in [0.05, 0.1) is 17.3 Å². The molecule has 7 nitrogen and oxygen atoms in total. The number of para-hydroxylation sites is 1. The molecule has 7 heteroatoms. The summed E-state index contributed by atoms with van der Waals surface area (Å²) in [6.45, 7) is 5.96. The van der Waals surface area contributed by atoms with Crippen LogP contribution < -0.4 is 10.2 Å². The quantitative estimate of drug-likeness (QED) is 0.577. The predicted molar refractivity (Wildman–Crippen MR) is 115 cm³/mol. The lowest BCUT2D eigenvalue weighted by atomic mass is 9.85. The van der Waals surface area contributed by atoms with Crippen molar-refractivity contribution in [3.8, 4) is 0 Å². The number of carbonyl (C=O) groups excluding carboxylic acids is 2. The van der Waals surface area contributed by atoms with Crippen molar-refractivity contribution in [3.63, 3.8) is 0 Å². The number of benzene rings is 2. The second-order valence-corrected chi connectivity index (χ2v) is 7.88. The fraction of sp³-hybridized carbons (Fsp3) is 0.391. The van der Waals surface area contributed by atoms with Crippen LogP contribution in [0.3, 0.4) is 0 Å². The van der Waals surface area contributed by atoms with Crippen molar-refractivity contribution in [2.45, 2.75) is 58.0 Å². The Kier molecular flexibility index (Phi) is 6.50. The fourth-order valence-electron chi connectivity index (χ4n) is 3.88. The summed E-state index contributed by atoms with van der Waals surface area (Å²) in [7, 11) is 0. The zero-order valence-corrected chi connectivity index (χ0v) is 17.5. The molecule has 158 valence electrons. The van der Waals surface area contributed by atoms with Crippen LogP contribution in [0.25, 0.3) is 0 Å². The third kappa shape index (κ3) is 4.50. The van der Waals surface area contributed by atoms with Crippen molar-refractivity contribution in [3.05, 3.63) is 69.8 Å². The van der Waals surface area contributed by atoms with Crippen LogP contribution in [0.2, 0.25) is 0 Å². The Balaban J connectivity index is 1.84. The first kappa shape index (κ1) is 21.5. The minimum atomic E-state index is -0.459. The molecule has 30 heavy (non-hydrogen) atoms. The molecule has 3 atom stereocenters. The minimum Gasteiger partial charge on any atom is -0.353 e. The molecule has 1 heterocycles. The van der Waals surface area contributed by atoms with E-state index in [-0.39, 0.29) is 41.9 Å². The number of fused-ring (bicyclic) bond motifs is 1. The van der Waals surface area contributed by atoms with E-state index in [9.17, 15) is 19.7 Å². The van der Waals surface area contributed by atoms with Crippen LogP contribution in [-0.4, -0.2) is 28.8 Å². The van der Waals surface area contributed by atoms with Crippen LogP contribution >= 0.6 is 0 Å². The zero-order chi connectivity index (χ0) is 21.8. The molecule has 1 aliphatic heterocycles. The number of nitro groups is 1. The highest BCUT2D eigenvalue weighted by Gasteiger charge is 2.36. The molecule has 0 aromatic heterocycles. The van der Waals surface area contributed by atoms with Crippen LogP contribution in [0, 0.1) is 10.1 Å². The van der Waals surface area contributed by atoms with Gasteiger partial charge in [0.15, 0.2) is 0 Å². The number of nitrogens with zero attached hydrogens (tertiary/aromatic N) is 2. The summed E-state index contributed by atoms with van der Waals surface area (Å²) in [6.07, 6.45) is 1.54. The second-order valence-electron chi connectivity index (χ2n) is 7.88. The largest absolute Gasteiger partial charge is 0.353 e. The van der Waals surface area contributed by atoms with E-state index in [1.54, 1.807) is 17.0 Å². The Labute approximate surface area is 176 Å². The van der Waals surface area contributed by atoms with Gasteiger partial charge in [-0.15, -0.1) is 0 Å². The maximum atomic E-state index is 13.2. The number of carbonyl (C=O) groups is 2. The molecular formula is C23H27N3O4. The van der Waals surface area contributed by atoms with Gasteiger partial charge in [0.1, 0.15) is 0 Å². The predicted octanol–water partition coefficient (Wildman–Crippen LogP) is 3.96. The van der Waals surface area contributed by atoms with Gasteiger partial charge >= 0.3 is 0 Å². The lowest BCUT2D eigenvalue weighted by Gasteiger charge is -2.39. The average molecular weight is 409 g/mol. The van der Waals surface area contributed by atoms with Crippen LogP contribution in [0.15, 0.2) is 48.5 Å². The highest BCUT2D eigenvalue weighted by atomic mass is 16.6. The molecule has 1 aliphatic rings. The number of non-ortho nitro benzene ring substituents is 1. The first-order chi connectivity index (χ1) is 14.3. The van der Waals surface area contributed by atoms with Gasteiger partial charge in [-0.05, 0) is 43.9 Å². The van der Waals surface area contributed by atoms with E-state index in [4.69, 9.17) is 0 Å². The van der Waals surface area contributed by atoms with Crippen LogP contribution in [-0.2, 0) is 16.0 Å². The van der Waals surface area contributed by atoms with Gasteiger partial charge in [0.2, 0.25) is 11.8 Å². The van der Waals surface area contributed by atoms with Crippen molar-refractivity contribution in [2.75, 3.05) is 4.90 Å². The van der Waals surface area contributed by atoms with Gasteiger partial charge in [0.25, 0.3) is 5.69 Å². The first-order valence-electron chi connectivity index (χ1n) is 10.3. The van der Waals surface area contributed by atoms with Gasteiger partial charge in [-0.25, -0.2) is 0 Å². The topological polar surface area (TPSA) is 92.6 Å². The molecule has 0 aliphatic carbocycles. The van der Waals surface area contributed by atoms with Gasteiger partial charge in [-0.1, -0.05) is 37.3 Å². The van der Waals surface area contributed by atoms with Crippen LogP contribution in [0.4, 0.5) is 11.4 Å². The summed E-state index contributed by atoms with van der Waals surface area (Å²) < 4.78 is 0. The molecular weight excluding hydrogens is 382 g/mol. The molecule has 0 saturated heterocycles. The van der Waals surface area contributed by atoms with E-state index in [0.717, 1.165) is 17.7 Å². The number of hydrogen-bond acceptors (Lipinski definition) is 4. The minimum absolute atomic E-state index is 0.00181. The lowest BCUT2D eigenvalue weighted by molar-refractivity contribution is -0.384. The number of nitrogens with one attached hydrogen (secondary N) is 1. The van der Waals surface area contributed by atoms with Gasteiger partial charge in [-0.3, -0.25) is 19.7 Å². The molecule has 0 radical (unpaired) electrons. The molecule has 1 N–H and O–H groups in total. The highest BCUT2D eigenvalue weighted by molar-refractivity contribution is 5.98. The van der Waals surface area contributed by atoms with E-state index >= 15 is 0 Å². The first-order valence-corrected chi connectivity index (χ1v) is 10.3. The normalized spacial score (nSPS) is 19.0. The van der Waals surface area contributed by atoms with E-state index < -0.39 is 4.92 Å². The molecule has 2 aromatic rings. The summed E-state index contributed by atoms with van der Waals surface area (Å²) in [6, 6.07) is 13.5. The Hall–Kier alpha value is -3.22. The van der Waals surface area contributed by atoms with Crippen molar-refractivity contribution >= 4 is 23.2 Å². The standard InChI is InChI=1S/C23H27N3O4/c1-4-15(2)24-23(28)20-13-16(3)25(21-8-6-5-7-19(20)21)22(27)14-17-9-11-18(12-10-17)26(29)30/h5-12,15-16,20H,4,13-14H2,1-3H3,(H,24,28)/t15-,16-,20-/m0/s1. The smallest absolute Gasteiger partial charge is 0.269 e. The van der Waals surface area contributed by atoms with Crippen LogP contribution in [0.5, 0.6) is 0 Å². The molecule has 2 aromatic carbocycles. The van der Waals surface area contributed by atoms with Crippen molar-refractivity contribution < 1.29 is 14.5 Å². The lowest BCUT2D eigenvalue weighted by Crippen LogP contribution is -2.47. The summed E-state index contributed by atoms with van der Waals surface area (Å²) in [5.41, 5.74) is 2.32. The van der Waals surface area contributed by atoms with E-state index in [0.29, 0.717) is 12.0 Å². The molecule has 0 spiro atoms. The van der Waals surface area contributed by atoms with Gasteiger partial charge in [-0.2, -0.15) is 0 Å². The molecule has 3 rings (SSSR count). The number of nitro benzene ring substituents is 1. The third-order valence-corrected chi connectivity index (χ3v) is 5.68. The summed E-state index contributed by atoms with van der Waals surface area (Å²) >= 11 is 0. The highest BCUT2D eigenvalue weighted by Crippen LogP contribution is 2.39. The number of amides is 2. The maximum Gasteiger partial charge on any atom is 0.269 e.